The molecule has 1 amide bonds. The number of carbonyl (C=O) groups excluding carboxylic acids is 1. The van der Waals surface area contributed by atoms with Crippen LogP contribution in [0, 0.1) is 0 Å². The van der Waals surface area contributed by atoms with Gasteiger partial charge in [0.05, 0.1) is 12.6 Å². The highest BCUT2D eigenvalue weighted by Crippen LogP contribution is 2.33. The molecule has 0 bridgehead atoms. The predicted octanol–water partition coefficient (Wildman–Crippen LogP) is 1.37. The van der Waals surface area contributed by atoms with Gasteiger partial charge in [-0.3, -0.25) is 4.79 Å². The molecule has 0 saturated carbocycles. The summed E-state index contributed by atoms with van der Waals surface area (Å²) >= 11 is 0. The van der Waals surface area contributed by atoms with Crippen molar-refractivity contribution in [3.8, 4) is 0 Å². The Bertz CT molecular complexity index is 509. The zero-order chi connectivity index (χ0) is 15.5. The molecule has 1 N–H and O–H groups in total. The molecule has 1 aromatic carbocycles. The van der Waals surface area contributed by atoms with Crippen molar-refractivity contribution < 1.29 is 23.7 Å². The maximum absolute atomic E-state index is 11.5. The molecule has 2 aliphatic heterocycles. The van der Waals surface area contributed by atoms with E-state index in [2.05, 4.69) is 5.32 Å². The number of hydrogen-bond donors (Lipinski definition) is 1. The summed E-state index contributed by atoms with van der Waals surface area (Å²) in [7, 11) is 1.59. The van der Waals surface area contributed by atoms with E-state index in [1.165, 1.54) is 6.92 Å². The molecule has 1 aromatic rings. The lowest BCUT2D eigenvalue weighted by molar-refractivity contribution is -0.319. The molecule has 120 valence electrons. The first-order chi connectivity index (χ1) is 10.7. The van der Waals surface area contributed by atoms with Crippen molar-refractivity contribution in [2.75, 3.05) is 13.7 Å². The van der Waals surface area contributed by atoms with Gasteiger partial charge in [-0.2, -0.15) is 0 Å². The van der Waals surface area contributed by atoms with Crippen LogP contribution >= 0.6 is 0 Å². The standard InChI is InChI=1S/C16H21NO5/c1-10(18)17-12-8-14(19-2)21-13-9-20-16(22-15(12)13)11-6-4-3-5-7-11/h3-7,12-16H,8-9H2,1-2H3,(H,17,18)/t12-,13-,14-,15-,16-/m0/s1. The fourth-order valence-corrected chi connectivity index (χ4v) is 2.95. The summed E-state index contributed by atoms with van der Waals surface area (Å²) in [5, 5.41) is 2.94. The lowest BCUT2D eigenvalue weighted by Gasteiger charge is -2.45. The van der Waals surface area contributed by atoms with Crippen molar-refractivity contribution in [1.29, 1.82) is 0 Å². The number of amides is 1. The molecule has 0 spiro atoms. The Hall–Kier alpha value is -1.47. The number of benzene rings is 1. The highest BCUT2D eigenvalue weighted by molar-refractivity contribution is 5.73. The predicted molar refractivity (Wildman–Crippen MR) is 77.9 cm³/mol. The van der Waals surface area contributed by atoms with Crippen LogP contribution in [0.1, 0.15) is 25.2 Å². The summed E-state index contributed by atoms with van der Waals surface area (Å²) in [6, 6.07) is 9.59. The number of hydrogen-bond acceptors (Lipinski definition) is 5. The molecule has 0 radical (unpaired) electrons. The highest BCUT2D eigenvalue weighted by atomic mass is 16.7. The Morgan fingerprint density at radius 3 is 2.73 bits per heavy atom. The quantitative estimate of drug-likeness (QED) is 0.913. The molecule has 0 aromatic heterocycles. The summed E-state index contributed by atoms with van der Waals surface area (Å²) in [4.78, 5) is 11.5. The first-order valence-corrected chi connectivity index (χ1v) is 7.44. The van der Waals surface area contributed by atoms with Crippen molar-refractivity contribution in [2.45, 2.75) is 44.2 Å². The number of fused-ring (bicyclic) bond motifs is 1. The molecule has 5 atom stereocenters. The lowest BCUT2D eigenvalue weighted by Crippen LogP contribution is -2.60. The van der Waals surface area contributed by atoms with E-state index in [0.717, 1.165) is 5.56 Å². The molecule has 2 heterocycles. The molecule has 0 unspecified atom stereocenters. The summed E-state index contributed by atoms with van der Waals surface area (Å²) in [5.74, 6) is -0.0909. The van der Waals surface area contributed by atoms with Gasteiger partial charge in [0.2, 0.25) is 5.91 Å². The van der Waals surface area contributed by atoms with Crippen LogP contribution in [0.4, 0.5) is 0 Å². The van der Waals surface area contributed by atoms with Crippen LogP contribution in [0.25, 0.3) is 0 Å². The van der Waals surface area contributed by atoms with Gasteiger partial charge in [-0.1, -0.05) is 30.3 Å². The smallest absolute Gasteiger partial charge is 0.217 e. The van der Waals surface area contributed by atoms with Crippen LogP contribution in [0.2, 0.25) is 0 Å². The van der Waals surface area contributed by atoms with Crippen LogP contribution in [-0.4, -0.2) is 44.2 Å². The summed E-state index contributed by atoms with van der Waals surface area (Å²) in [6.45, 7) is 1.90. The van der Waals surface area contributed by atoms with E-state index in [9.17, 15) is 4.79 Å². The summed E-state index contributed by atoms with van der Waals surface area (Å²) < 4.78 is 22.9. The monoisotopic (exact) mass is 307 g/mol. The second kappa shape index (κ2) is 6.75. The topological polar surface area (TPSA) is 66.0 Å². The van der Waals surface area contributed by atoms with Crippen molar-refractivity contribution in [3.63, 3.8) is 0 Å². The molecular formula is C16H21NO5. The Labute approximate surface area is 129 Å². The Kier molecular flexibility index (Phi) is 4.73. The second-order valence-electron chi connectivity index (χ2n) is 5.56. The Morgan fingerprint density at radius 2 is 2.05 bits per heavy atom. The third-order valence-electron chi connectivity index (χ3n) is 3.95. The third-order valence-corrected chi connectivity index (χ3v) is 3.95. The van der Waals surface area contributed by atoms with Crippen LogP contribution in [-0.2, 0) is 23.7 Å². The van der Waals surface area contributed by atoms with Crippen molar-refractivity contribution >= 4 is 5.91 Å². The largest absolute Gasteiger partial charge is 0.356 e. The number of nitrogens with one attached hydrogen (secondary N) is 1. The van der Waals surface area contributed by atoms with Gasteiger partial charge in [-0.15, -0.1) is 0 Å². The van der Waals surface area contributed by atoms with E-state index in [1.54, 1.807) is 7.11 Å². The van der Waals surface area contributed by atoms with Crippen LogP contribution in [0.3, 0.4) is 0 Å². The molecule has 6 heteroatoms. The van der Waals surface area contributed by atoms with E-state index in [-0.39, 0.29) is 30.4 Å². The van der Waals surface area contributed by atoms with Crippen molar-refractivity contribution in [1.82, 2.24) is 5.32 Å². The average molecular weight is 307 g/mol. The van der Waals surface area contributed by atoms with Gasteiger partial charge in [-0.05, 0) is 0 Å². The third kappa shape index (κ3) is 3.30. The van der Waals surface area contributed by atoms with Gasteiger partial charge >= 0.3 is 0 Å². The summed E-state index contributed by atoms with van der Waals surface area (Å²) in [5.41, 5.74) is 0.955. The minimum absolute atomic E-state index is 0.0909. The Morgan fingerprint density at radius 1 is 1.27 bits per heavy atom. The number of methoxy groups -OCH3 is 1. The minimum atomic E-state index is -0.443. The summed E-state index contributed by atoms with van der Waals surface area (Å²) in [6.07, 6.45) is -0.761. The zero-order valence-electron chi connectivity index (χ0n) is 12.7. The molecule has 0 aliphatic carbocycles. The zero-order valence-corrected chi connectivity index (χ0v) is 12.7. The van der Waals surface area contributed by atoms with Crippen LogP contribution in [0.5, 0.6) is 0 Å². The molecule has 22 heavy (non-hydrogen) atoms. The fourth-order valence-electron chi connectivity index (χ4n) is 2.95. The lowest BCUT2D eigenvalue weighted by atomic mass is 9.97. The van der Waals surface area contributed by atoms with Gasteiger partial charge in [0.25, 0.3) is 0 Å². The number of rotatable bonds is 3. The molecule has 2 saturated heterocycles. The molecule has 3 rings (SSSR count). The van der Waals surface area contributed by atoms with E-state index in [1.807, 2.05) is 30.3 Å². The molecule has 2 aliphatic rings. The van der Waals surface area contributed by atoms with Gasteiger partial charge < -0.3 is 24.3 Å². The molecular weight excluding hydrogens is 286 g/mol. The first-order valence-electron chi connectivity index (χ1n) is 7.44. The van der Waals surface area contributed by atoms with Crippen LogP contribution in [0.15, 0.2) is 30.3 Å². The van der Waals surface area contributed by atoms with Crippen molar-refractivity contribution in [3.05, 3.63) is 35.9 Å². The van der Waals surface area contributed by atoms with E-state index in [4.69, 9.17) is 18.9 Å². The minimum Gasteiger partial charge on any atom is -0.356 e. The van der Waals surface area contributed by atoms with E-state index >= 15 is 0 Å². The van der Waals surface area contributed by atoms with Gasteiger partial charge in [-0.25, -0.2) is 0 Å². The Balaban J connectivity index is 1.75. The maximum Gasteiger partial charge on any atom is 0.217 e. The normalized spacial score (nSPS) is 34.7. The van der Waals surface area contributed by atoms with Gasteiger partial charge in [0, 0.05) is 26.0 Å². The number of ether oxygens (including phenoxy) is 4. The van der Waals surface area contributed by atoms with Gasteiger partial charge in [0.1, 0.15) is 12.2 Å². The maximum atomic E-state index is 11.5. The number of carbonyl (C=O) groups is 1. The average Bonchev–Trinajstić information content (AvgIpc) is 2.54. The highest BCUT2D eigenvalue weighted by Gasteiger charge is 2.44. The first kappa shape index (κ1) is 15.4. The van der Waals surface area contributed by atoms with E-state index < -0.39 is 6.29 Å². The molecule has 2 fully saturated rings. The van der Waals surface area contributed by atoms with Gasteiger partial charge in [0.15, 0.2) is 12.6 Å². The fraction of sp³-hybridized carbons (Fsp3) is 0.562. The SMILES string of the molecule is CO[C@@H]1C[C@H](NC(C)=O)[C@@H]2O[C@@H](c3ccccc3)OC[C@@H]2O1. The van der Waals surface area contributed by atoms with Crippen LogP contribution < -0.4 is 5.32 Å². The van der Waals surface area contributed by atoms with Crippen molar-refractivity contribution in [2.24, 2.45) is 0 Å². The van der Waals surface area contributed by atoms with E-state index in [0.29, 0.717) is 13.0 Å². The molecule has 6 nitrogen and oxygen atoms in total. The second-order valence-corrected chi connectivity index (χ2v) is 5.56.